The number of esters is 1. The average Bonchev–Trinajstić information content (AvgIpc) is 2.53. The van der Waals surface area contributed by atoms with Crippen LogP contribution in [0.1, 0.15) is 26.3 Å². The van der Waals surface area contributed by atoms with Crippen molar-refractivity contribution in [1.82, 2.24) is 5.06 Å². The van der Waals surface area contributed by atoms with Gasteiger partial charge in [-0.3, -0.25) is 0 Å². The van der Waals surface area contributed by atoms with E-state index in [4.69, 9.17) is 14.3 Å². The minimum Gasteiger partial charge on any atom is -0.467 e. The number of hydrogen-bond donors (Lipinski definition) is 1. The fourth-order valence-electron chi connectivity index (χ4n) is 2.41. The summed E-state index contributed by atoms with van der Waals surface area (Å²) < 4.78 is 9.82. The van der Waals surface area contributed by atoms with Gasteiger partial charge in [0.1, 0.15) is 6.61 Å². The molecule has 0 unspecified atom stereocenters. The molecule has 0 aliphatic rings. The molecule has 0 amide bonds. The lowest BCUT2D eigenvalue weighted by Gasteiger charge is -2.44. The Morgan fingerprint density at radius 3 is 2.21 bits per heavy atom. The van der Waals surface area contributed by atoms with Gasteiger partial charge in [0.05, 0.1) is 13.7 Å². The lowest BCUT2D eigenvalue weighted by molar-refractivity contribution is -0.228. The van der Waals surface area contributed by atoms with E-state index >= 15 is 0 Å². The first-order valence-electron chi connectivity index (χ1n) is 7.50. The van der Waals surface area contributed by atoms with Gasteiger partial charge in [-0.15, -0.1) is 5.06 Å². The Morgan fingerprint density at radius 1 is 1.17 bits per heavy atom. The van der Waals surface area contributed by atoms with Crippen LogP contribution in [0.25, 0.3) is 0 Å². The zero-order valence-electron chi connectivity index (χ0n) is 14.7. The van der Waals surface area contributed by atoms with Crippen molar-refractivity contribution in [2.24, 2.45) is 5.41 Å². The second kappa shape index (κ2) is 8.12. The molecule has 0 saturated carbocycles. The molecule has 24 heavy (non-hydrogen) atoms. The van der Waals surface area contributed by atoms with Crippen molar-refractivity contribution >= 4 is 12.1 Å². The Labute approximate surface area is 142 Å². The summed E-state index contributed by atoms with van der Waals surface area (Å²) in [5, 5.41) is 10.8. The van der Waals surface area contributed by atoms with E-state index in [1.807, 2.05) is 18.2 Å². The van der Waals surface area contributed by atoms with Gasteiger partial charge in [-0.2, -0.15) is 0 Å². The first-order valence-corrected chi connectivity index (χ1v) is 7.50. The molecule has 0 saturated heterocycles. The molecule has 0 heterocycles. The lowest BCUT2D eigenvalue weighted by Crippen LogP contribution is -2.64. The van der Waals surface area contributed by atoms with E-state index < -0.39 is 29.7 Å². The van der Waals surface area contributed by atoms with Gasteiger partial charge in [0.15, 0.2) is 5.54 Å². The topological polar surface area (TPSA) is 85.3 Å². The molecule has 0 bridgehead atoms. The molecule has 1 aromatic rings. The standard InChI is InChI=1S/C17H25NO6/c1-16(2,3)17(12-19,14(20)22-5)18(4)24-15(21)23-11-13-9-7-6-8-10-13/h6-10,19H,11-12H2,1-5H3/t17-/m1/s1. The van der Waals surface area contributed by atoms with Crippen LogP contribution in [0.4, 0.5) is 4.79 Å². The highest BCUT2D eigenvalue weighted by Crippen LogP contribution is 2.36. The molecule has 0 aliphatic heterocycles. The molecule has 0 radical (unpaired) electrons. The molecule has 134 valence electrons. The molecular formula is C17H25NO6. The van der Waals surface area contributed by atoms with E-state index in [0.29, 0.717) is 0 Å². The number of hydroxylamine groups is 2. The number of carbonyl (C=O) groups is 2. The minimum absolute atomic E-state index is 0.0351. The van der Waals surface area contributed by atoms with Crippen LogP contribution < -0.4 is 0 Å². The van der Waals surface area contributed by atoms with E-state index in [1.165, 1.54) is 14.2 Å². The SMILES string of the molecule is COC(=O)[C@@](CO)(N(C)OC(=O)OCc1ccccc1)C(C)(C)C. The number of hydrogen-bond acceptors (Lipinski definition) is 7. The van der Waals surface area contributed by atoms with Crippen molar-refractivity contribution in [3.8, 4) is 0 Å². The third kappa shape index (κ3) is 4.24. The van der Waals surface area contributed by atoms with Gasteiger partial charge < -0.3 is 19.4 Å². The van der Waals surface area contributed by atoms with Crippen molar-refractivity contribution in [2.45, 2.75) is 32.9 Å². The van der Waals surface area contributed by atoms with E-state index in [9.17, 15) is 14.7 Å². The third-order valence-electron chi connectivity index (χ3n) is 3.94. The molecule has 1 N–H and O–H groups in total. The Balaban J connectivity index is 2.82. The van der Waals surface area contributed by atoms with Gasteiger partial charge >= 0.3 is 12.1 Å². The summed E-state index contributed by atoms with van der Waals surface area (Å²) in [6, 6.07) is 9.11. The Hall–Kier alpha value is -2.12. The van der Waals surface area contributed by atoms with Crippen molar-refractivity contribution < 1.29 is 29.0 Å². The van der Waals surface area contributed by atoms with Crippen LogP contribution in [0.3, 0.4) is 0 Å². The summed E-state index contributed by atoms with van der Waals surface area (Å²) in [4.78, 5) is 29.3. The summed E-state index contributed by atoms with van der Waals surface area (Å²) in [5.74, 6) is -0.712. The van der Waals surface area contributed by atoms with Gasteiger partial charge in [-0.05, 0) is 11.0 Å². The summed E-state index contributed by atoms with van der Waals surface area (Å²) in [5.41, 5.74) is -1.54. The molecule has 0 aromatic heterocycles. The molecule has 7 nitrogen and oxygen atoms in total. The smallest absolute Gasteiger partial charge is 0.467 e. The van der Waals surface area contributed by atoms with E-state index in [-0.39, 0.29) is 6.61 Å². The fourth-order valence-corrected chi connectivity index (χ4v) is 2.41. The van der Waals surface area contributed by atoms with Gasteiger partial charge in [0.2, 0.25) is 0 Å². The monoisotopic (exact) mass is 339 g/mol. The second-order valence-electron chi connectivity index (χ2n) is 6.37. The van der Waals surface area contributed by atoms with Crippen LogP contribution in [-0.2, 0) is 25.7 Å². The third-order valence-corrected chi connectivity index (χ3v) is 3.94. The molecular weight excluding hydrogens is 314 g/mol. The summed E-state index contributed by atoms with van der Waals surface area (Å²) >= 11 is 0. The highest BCUT2D eigenvalue weighted by Gasteiger charge is 2.55. The van der Waals surface area contributed by atoms with Gasteiger partial charge in [0, 0.05) is 7.05 Å². The first kappa shape index (κ1) is 19.9. The molecule has 0 spiro atoms. The van der Waals surface area contributed by atoms with E-state index in [2.05, 4.69) is 0 Å². The molecule has 7 heteroatoms. The maximum Gasteiger partial charge on any atom is 0.528 e. The average molecular weight is 339 g/mol. The molecule has 1 rings (SSSR count). The number of ether oxygens (including phenoxy) is 2. The predicted octanol–water partition coefficient (Wildman–Crippen LogP) is 2.14. The maximum atomic E-state index is 12.3. The lowest BCUT2D eigenvalue weighted by atomic mass is 9.73. The van der Waals surface area contributed by atoms with Crippen LogP contribution in [0.5, 0.6) is 0 Å². The number of aliphatic hydroxyl groups is 1. The van der Waals surface area contributed by atoms with Gasteiger partial charge in [0.25, 0.3) is 0 Å². The van der Waals surface area contributed by atoms with E-state index in [1.54, 1.807) is 32.9 Å². The molecule has 1 aromatic carbocycles. The quantitative estimate of drug-likeness (QED) is 0.628. The number of benzene rings is 1. The van der Waals surface area contributed by atoms with Crippen LogP contribution in [0.2, 0.25) is 0 Å². The van der Waals surface area contributed by atoms with Gasteiger partial charge in [-0.1, -0.05) is 51.1 Å². The zero-order chi connectivity index (χ0) is 18.4. The number of carbonyl (C=O) groups excluding carboxylic acids is 2. The van der Waals surface area contributed by atoms with Crippen molar-refractivity contribution in [2.75, 3.05) is 20.8 Å². The fraction of sp³-hybridized carbons (Fsp3) is 0.529. The second-order valence-corrected chi connectivity index (χ2v) is 6.37. The van der Waals surface area contributed by atoms with Gasteiger partial charge in [-0.25, -0.2) is 9.59 Å². The molecule has 0 aliphatic carbocycles. The van der Waals surface area contributed by atoms with Crippen LogP contribution >= 0.6 is 0 Å². The number of nitrogens with zero attached hydrogens (tertiary/aromatic N) is 1. The molecule has 0 fully saturated rings. The first-order chi connectivity index (χ1) is 11.2. The van der Waals surface area contributed by atoms with E-state index in [0.717, 1.165) is 10.6 Å². The Kier molecular flexibility index (Phi) is 6.74. The van der Waals surface area contributed by atoms with Crippen LogP contribution in [0.15, 0.2) is 30.3 Å². The summed E-state index contributed by atoms with van der Waals surface area (Å²) in [7, 11) is 2.59. The number of aliphatic hydroxyl groups excluding tert-OH is 1. The zero-order valence-corrected chi connectivity index (χ0v) is 14.7. The highest BCUT2D eigenvalue weighted by molar-refractivity contribution is 5.82. The number of likely N-dealkylation sites (N-methyl/N-ethyl adjacent to an activating group) is 1. The summed E-state index contributed by atoms with van der Waals surface area (Å²) in [6.45, 7) is 4.64. The summed E-state index contributed by atoms with van der Waals surface area (Å²) in [6.07, 6.45) is -0.979. The Morgan fingerprint density at radius 2 is 1.75 bits per heavy atom. The largest absolute Gasteiger partial charge is 0.528 e. The Bertz CT molecular complexity index is 554. The van der Waals surface area contributed by atoms with Crippen LogP contribution in [-0.4, -0.2) is 48.6 Å². The normalized spacial score (nSPS) is 14.0. The van der Waals surface area contributed by atoms with Crippen LogP contribution in [0, 0.1) is 5.41 Å². The maximum absolute atomic E-state index is 12.3. The predicted molar refractivity (Wildman–Crippen MR) is 86.8 cm³/mol. The van der Waals surface area contributed by atoms with Crippen molar-refractivity contribution in [3.63, 3.8) is 0 Å². The minimum atomic E-state index is -1.56. The van der Waals surface area contributed by atoms with Crippen molar-refractivity contribution in [1.29, 1.82) is 0 Å². The number of methoxy groups -OCH3 is 1. The molecule has 1 atom stereocenters. The number of rotatable bonds is 6. The highest BCUT2D eigenvalue weighted by atomic mass is 16.8. The van der Waals surface area contributed by atoms with Crippen molar-refractivity contribution in [3.05, 3.63) is 35.9 Å².